The molecule has 0 bridgehead atoms. The van der Waals surface area contributed by atoms with Gasteiger partial charge in [0.2, 0.25) is 5.91 Å². The Balaban J connectivity index is 2.63. The summed E-state index contributed by atoms with van der Waals surface area (Å²) in [6.45, 7) is 4.26. The van der Waals surface area contributed by atoms with Crippen molar-refractivity contribution < 1.29 is 9.90 Å². The lowest BCUT2D eigenvalue weighted by Crippen LogP contribution is -2.11. The Morgan fingerprint density at radius 2 is 1.81 bits per heavy atom. The molecule has 16 heavy (non-hydrogen) atoms. The zero-order valence-corrected chi connectivity index (χ0v) is 9.81. The van der Waals surface area contributed by atoms with Crippen LogP contribution in [0.25, 0.3) is 0 Å². The molecule has 88 valence electrons. The molecule has 1 rings (SSSR count). The van der Waals surface area contributed by atoms with Crippen LogP contribution in [0.15, 0.2) is 24.3 Å². The molecule has 1 unspecified atom stereocenters. The highest BCUT2D eigenvalue weighted by Gasteiger charge is 2.09. The normalized spacial score (nSPS) is 12.8. The van der Waals surface area contributed by atoms with Crippen LogP contribution >= 0.6 is 0 Å². The first-order valence-corrected chi connectivity index (χ1v) is 5.58. The van der Waals surface area contributed by atoms with Gasteiger partial charge in [-0.2, -0.15) is 0 Å². The fourth-order valence-electron chi connectivity index (χ4n) is 1.53. The summed E-state index contributed by atoms with van der Waals surface area (Å²) < 4.78 is 0. The van der Waals surface area contributed by atoms with E-state index in [-0.39, 0.29) is 0 Å². The molecule has 1 aromatic carbocycles. The molecule has 0 aliphatic rings. The molecule has 3 N–H and O–H groups in total. The van der Waals surface area contributed by atoms with E-state index in [0.29, 0.717) is 11.5 Å². The number of benzene rings is 1. The first-order chi connectivity index (χ1) is 7.50. The Morgan fingerprint density at radius 1 is 1.25 bits per heavy atom. The number of hydrogen-bond donors (Lipinski definition) is 2. The first kappa shape index (κ1) is 12.7. The smallest absolute Gasteiger partial charge is 0.248 e. The quantitative estimate of drug-likeness (QED) is 0.801. The van der Waals surface area contributed by atoms with Gasteiger partial charge in [0.15, 0.2) is 0 Å². The number of aliphatic hydroxyl groups excluding tert-OH is 1. The Kier molecular flexibility index (Phi) is 4.50. The van der Waals surface area contributed by atoms with E-state index >= 15 is 0 Å². The maximum absolute atomic E-state index is 10.9. The maximum atomic E-state index is 10.9. The molecule has 3 heteroatoms. The van der Waals surface area contributed by atoms with Gasteiger partial charge in [0.1, 0.15) is 0 Å². The number of aliphatic hydroxyl groups is 1. The summed E-state index contributed by atoms with van der Waals surface area (Å²) in [5.41, 5.74) is 6.45. The summed E-state index contributed by atoms with van der Waals surface area (Å²) in [5, 5.41) is 9.88. The molecule has 0 radical (unpaired) electrons. The fraction of sp³-hybridized carbons (Fsp3) is 0.462. The monoisotopic (exact) mass is 221 g/mol. The van der Waals surface area contributed by atoms with Crippen LogP contribution in [-0.4, -0.2) is 11.0 Å². The van der Waals surface area contributed by atoms with Crippen molar-refractivity contribution in [1.82, 2.24) is 0 Å². The Bertz CT molecular complexity index is 343. The highest BCUT2D eigenvalue weighted by Crippen LogP contribution is 2.20. The lowest BCUT2D eigenvalue weighted by atomic mass is 9.99. The van der Waals surface area contributed by atoms with Crippen molar-refractivity contribution in [1.29, 1.82) is 0 Å². The van der Waals surface area contributed by atoms with Gasteiger partial charge in [-0.05, 0) is 36.5 Å². The van der Waals surface area contributed by atoms with Crippen LogP contribution in [0.1, 0.15) is 48.7 Å². The van der Waals surface area contributed by atoms with Crippen molar-refractivity contribution in [2.45, 2.75) is 32.8 Å². The third kappa shape index (κ3) is 3.66. The number of carbonyl (C=O) groups excluding carboxylic acids is 1. The molecular weight excluding hydrogens is 202 g/mol. The molecule has 1 atom stereocenters. The van der Waals surface area contributed by atoms with E-state index in [0.717, 1.165) is 18.4 Å². The second-order valence-electron chi connectivity index (χ2n) is 4.47. The van der Waals surface area contributed by atoms with E-state index < -0.39 is 12.0 Å². The third-order valence-electron chi connectivity index (χ3n) is 2.60. The molecule has 0 aliphatic carbocycles. The molecule has 0 aliphatic heterocycles. The van der Waals surface area contributed by atoms with Crippen LogP contribution in [-0.2, 0) is 0 Å². The predicted molar refractivity (Wildman–Crippen MR) is 64.0 cm³/mol. The van der Waals surface area contributed by atoms with Gasteiger partial charge >= 0.3 is 0 Å². The molecule has 1 aromatic rings. The van der Waals surface area contributed by atoms with E-state index in [2.05, 4.69) is 13.8 Å². The van der Waals surface area contributed by atoms with E-state index in [9.17, 15) is 9.90 Å². The molecule has 0 saturated carbocycles. The van der Waals surface area contributed by atoms with Crippen LogP contribution in [0, 0.1) is 5.92 Å². The molecule has 1 amide bonds. The Labute approximate surface area is 96.3 Å². The van der Waals surface area contributed by atoms with Gasteiger partial charge in [-0.15, -0.1) is 0 Å². The minimum Gasteiger partial charge on any atom is -0.388 e. The second-order valence-corrected chi connectivity index (χ2v) is 4.47. The molecule has 0 saturated heterocycles. The molecule has 0 heterocycles. The van der Waals surface area contributed by atoms with Crippen molar-refractivity contribution >= 4 is 5.91 Å². The maximum Gasteiger partial charge on any atom is 0.248 e. The summed E-state index contributed by atoms with van der Waals surface area (Å²) in [7, 11) is 0. The number of nitrogens with two attached hydrogens (primary N) is 1. The average Bonchev–Trinajstić information content (AvgIpc) is 2.26. The van der Waals surface area contributed by atoms with Gasteiger partial charge < -0.3 is 10.8 Å². The Hall–Kier alpha value is -1.35. The van der Waals surface area contributed by atoms with Gasteiger partial charge in [0.25, 0.3) is 0 Å². The third-order valence-corrected chi connectivity index (χ3v) is 2.60. The average molecular weight is 221 g/mol. The highest BCUT2D eigenvalue weighted by atomic mass is 16.3. The summed E-state index contributed by atoms with van der Waals surface area (Å²) in [4.78, 5) is 10.9. The van der Waals surface area contributed by atoms with Crippen LogP contribution in [0.2, 0.25) is 0 Å². The van der Waals surface area contributed by atoms with Crippen LogP contribution in [0.4, 0.5) is 0 Å². The number of amides is 1. The van der Waals surface area contributed by atoms with Crippen molar-refractivity contribution in [2.75, 3.05) is 0 Å². The topological polar surface area (TPSA) is 63.3 Å². The number of hydrogen-bond acceptors (Lipinski definition) is 2. The SMILES string of the molecule is CC(C)CCC(O)c1ccc(C(N)=O)cc1. The summed E-state index contributed by atoms with van der Waals surface area (Å²) in [5.74, 6) is 0.141. The minimum absolute atomic E-state index is 0.441. The van der Waals surface area contributed by atoms with Crippen LogP contribution < -0.4 is 5.73 Å². The van der Waals surface area contributed by atoms with E-state index in [1.807, 2.05) is 0 Å². The van der Waals surface area contributed by atoms with Gasteiger partial charge in [-0.1, -0.05) is 26.0 Å². The summed E-state index contributed by atoms with van der Waals surface area (Å²) >= 11 is 0. The van der Waals surface area contributed by atoms with Gasteiger partial charge in [-0.25, -0.2) is 0 Å². The van der Waals surface area contributed by atoms with Gasteiger partial charge in [-0.3, -0.25) is 4.79 Å². The lowest BCUT2D eigenvalue weighted by molar-refractivity contribution is 0.1000. The second kappa shape index (κ2) is 5.66. The summed E-state index contributed by atoms with van der Waals surface area (Å²) in [6.07, 6.45) is 1.27. The zero-order chi connectivity index (χ0) is 12.1. The Morgan fingerprint density at radius 3 is 2.25 bits per heavy atom. The molecule has 0 spiro atoms. The highest BCUT2D eigenvalue weighted by molar-refractivity contribution is 5.92. The van der Waals surface area contributed by atoms with Crippen LogP contribution in [0.3, 0.4) is 0 Å². The number of rotatable bonds is 5. The zero-order valence-electron chi connectivity index (χ0n) is 9.81. The van der Waals surface area contributed by atoms with E-state index in [1.54, 1.807) is 24.3 Å². The number of primary amides is 1. The van der Waals surface area contributed by atoms with Gasteiger partial charge in [0.05, 0.1) is 6.10 Å². The molecule has 0 fully saturated rings. The molecular formula is C13H19NO2. The number of carbonyl (C=O) groups is 1. The fourth-order valence-corrected chi connectivity index (χ4v) is 1.53. The standard InChI is InChI=1S/C13H19NO2/c1-9(2)3-8-12(15)10-4-6-11(7-5-10)13(14)16/h4-7,9,12,15H,3,8H2,1-2H3,(H2,14,16). The molecule has 3 nitrogen and oxygen atoms in total. The lowest BCUT2D eigenvalue weighted by Gasteiger charge is -2.12. The van der Waals surface area contributed by atoms with Crippen molar-refractivity contribution in [3.8, 4) is 0 Å². The van der Waals surface area contributed by atoms with Crippen molar-refractivity contribution in [3.05, 3.63) is 35.4 Å². The molecule has 0 aromatic heterocycles. The van der Waals surface area contributed by atoms with E-state index in [1.165, 1.54) is 0 Å². The van der Waals surface area contributed by atoms with Crippen molar-refractivity contribution in [3.63, 3.8) is 0 Å². The van der Waals surface area contributed by atoms with Crippen LogP contribution in [0.5, 0.6) is 0 Å². The minimum atomic E-state index is -0.454. The largest absolute Gasteiger partial charge is 0.388 e. The van der Waals surface area contributed by atoms with Gasteiger partial charge in [0, 0.05) is 5.56 Å². The first-order valence-electron chi connectivity index (χ1n) is 5.58. The van der Waals surface area contributed by atoms with Crippen molar-refractivity contribution in [2.24, 2.45) is 11.7 Å². The summed E-state index contributed by atoms with van der Waals surface area (Å²) in [6, 6.07) is 6.81. The van der Waals surface area contributed by atoms with E-state index in [4.69, 9.17) is 5.73 Å². The predicted octanol–water partition coefficient (Wildman–Crippen LogP) is 2.26.